The monoisotopic (exact) mass is 366 g/mol. The number of hydrogen-bond acceptors (Lipinski definition) is 3. The van der Waals surface area contributed by atoms with Crippen LogP contribution in [0.15, 0.2) is 54.6 Å². The van der Waals surface area contributed by atoms with Gasteiger partial charge in [0.15, 0.2) is 5.75 Å². The van der Waals surface area contributed by atoms with E-state index in [1.807, 2.05) is 42.5 Å². The second kappa shape index (κ2) is 8.25. The summed E-state index contributed by atoms with van der Waals surface area (Å²) in [6.45, 7) is 3.29. The smallest absolute Gasteiger partial charge is 0.239 e. The van der Waals surface area contributed by atoms with Gasteiger partial charge in [-0.05, 0) is 51.0 Å². The molecule has 0 aromatic heterocycles. The highest BCUT2D eigenvalue weighted by molar-refractivity contribution is 6.10. The number of ether oxygens (including phenoxy) is 1. The standard InChI is InChI=1S/C22H26N2O3/c1-22(2,20(25)23-16-10-6-7-11-16)21(26)24-18-14-8-9-15-19(18)27-17-12-4-3-5-13-17/h3-5,8-9,12-16H,6-7,10-11H2,1-2H3,(H,23,25)(H,24,26). The van der Waals surface area contributed by atoms with E-state index in [2.05, 4.69) is 10.6 Å². The molecule has 0 spiro atoms. The lowest BCUT2D eigenvalue weighted by Gasteiger charge is -2.25. The highest BCUT2D eigenvalue weighted by atomic mass is 16.5. The van der Waals surface area contributed by atoms with E-state index in [1.54, 1.807) is 26.0 Å². The SMILES string of the molecule is CC(C)(C(=O)Nc1ccccc1Oc1ccccc1)C(=O)NC1CCCC1. The summed E-state index contributed by atoms with van der Waals surface area (Å²) in [6, 6.07) is 16.7. The molecule has 0 saturated heterocycles. The Morgan fingerprint density at radius 2 is 1.56 bits per heavy atom. The van der Waals surface area contributed by atoms with Gasteiger partial charge in [0.1, 0.15) is 11.2 Å². The molecule has 27 heavy (non-hydrogen) atoms. The highest BCUT2D eigenvalue weighted by Gasteiger charge is 2.37. The van der Waals surface area contributed by atoms with Crippen molar-refractivity contribution in [3.05, 3.63) is 54.6 Å². The molecule has 142 valence electrons. The molecule has 1 aliphatic rings. The Morgan fingerprint density at radius 1 is 0.926 bits per heavy atom. The summed E-state index contributed by atoms with van der Waals surface area (Å²) in [6.07, 6.45) is 4.22. The Hall–Kier alpha value is -2.82. The molecule has 0 bridgehead atoms. The lowest BCUT2D eigenvalue weighted by Crippen LogP contribution is -2.48. The Morgan fingerprint density at radius 3 is 2.26 bits per heavy atom. The first-order valence-corrected chi connectivity index (χ1v) is 9.41. The van der Waals surface area contributed by atoms with Crippen LogP contribution in [0.25, 0.3) is 0 Å². The van der Waals surface area contributed by atoms with Crippen molar-refractivity contribution in [2.45, 2.75) is 45.6 Å². The number of nitrogens with one attached hydrogen (secondary N) is 2. The molecule has 1 fully saturated rings. The molecule has 5 nitrogen and oxygen atoms in total. The number of hydrogen-bond donors (Lipinski definition) is 2. The van der Waals surface area contributed by atoms with Crippen molar-refractivity contribution in [2.24, 2.45) is 5.41 Å². The van der Waals surface area contributed by atoms with Gasteiger partial charge in [0, 0.05) is 6.04 Å². The van der Waals surface area contributed by atoms with E-state index in [9.17, 15) is 9.59 Å². The first-order valence-electron chi connectivity index (χ1n) is 9.41. The Balaban J connectivity index is 1.70. The van der Waals surface area contributed by atoms with Gasteiger partial charge >= 0.3 is 0 Å². The Labute approximate surface area is 160 Å². The molecule has 0 radical (unpaired) electrons. The fourth-order valence-electron chi connectivity index (χ4n) is 3.09. The Kier molecular flexibility index (Phi) is 5.79. The summed E-state index contributed by atoms with van der Waals surface area (Å²) >= 11 is 0. The molecule has 1 aliphatic carbocycles. The zero-order chi connectivity index (χ0) is 19.3. The van der Waals surface area contributed by atoms with E-state index in [0.29, 0.717) is 17.2 Å². The summed E-state index contributed by atoms with van der Waals surface area (Å²) in [5.41, 5.74) is -0.643. The van der Waals surface area contributed by atoms with E-state index in [-0.39, 0.29) is 17.9 Å². The van der Waals surface area contributed by atoms with Crippen molar-refractivity contribution in [3.8, 4) is 11.5 Å². The van der Waals surface area contributed by atoms with Crippen LogP contribution in [0.3, 0.4) is 0 Å². The first-order chi connectivity index (χ1) is 13.0. The molecule has 5 heteroatoms. The minimum absolute atomic E-state index is 0.179. The maximum Gasteiger partial charge on any atom is 0.239 e. The normalized spacial score (nSPS) is 14.6. The molecule has 2 amide bonds. The van der Waals surface area contributed by atoms with Crippen LogP contribution in [0.2, 0.25) is 0 Å². The number of carbonyl (C=O) groups is 2. The molecule has 1 saturated carbocycles. The summed E-state index contributed by atoms with van der Waals surface area (Å²) in [4.78, 5) is 25.5. The van der Waals surface area contributed by atoms with Gasteiger partial charge in [-0.3, -0.25) is 9.59 Å². The van der Waals surface area contributed by atoms with Crippen LogP contribution < -0.4 is 15.4 Å². The third-order valence-electron chi connectivity index (χ3n) is 4.93. The van der Waals surface area contributed by atoms with Crippen LogP contribution in [0.4, 0.5) is 5.69 Å². The zero-order valence-electron chi connectivity index (χ0n) is 15.8. The lowest BCUT2D eigenvalue weighted by molar-refractivity contribution is -0.138. The van der Waals surface area contributed by atoms with Crippen molar-refractivity contribution in [1.82, 2.24) is 5.32 Å². The molecule has 3 rings (SSSR count). The Bertz CT molecular complexity index is 796. The second-order valence-electron chi connectivity index (χ2n) is 7.45. The quantitative estimate of drug-likeness (QED) is 0.740. The minimum Gasteiger partial charge on any atom is -0.455 e. The van der Waals surface area contributed by atoms with Crippen LogP contribution in [0, 0.1) is 5.41 Å². The van der Waals surface area contributed by atoms with Gasteiger partial charge in [-0.25, -0.2) is 0 Å². The van der Waals surface area contributed by atoms with E-state index in [4.69, 9.17) is 4.74 Å². The number of para-hydroxylation sites is 3. The third kappa shape index (κ3) is 4.67. The summed E-state index contributed by atoms with van der Waals surface area (Å²) in [7, 11) is 0. The average molecular weight is 366 g/mol. The average Bonchev–Trinajstić information content (AvgIpc) is 3.17. The van der Waals surface area contributed by atoms with Gasteiger partial charge in [-0.2, -0.15) is 0 Å². The van der Waals surface area contributed by atoms with Crippen LogP contribution in [-0.4, -0.2) is 17.9 Å². The van der Waals surface area contributed by atoms with Crippen LogP contribution in [0.5, 0.6) is 11.5 Å². The van der Waals surface area contributed by atoms with Crippen molar-refractivity contribution >= 4 is 17.5 Å². The molecule has 0 atom stereocenters. The fraction of sp³-hybridized carbons (Fsp3) is 0.364. The van der Waals surface area contributed by atoms with Gasteiger partial charge in [-0.1, -0.05) is 43.2 Å². The molecule has 2 N–H and O–H groups in total. The lowest BCUT2D eigenvalue weighted by atomic mass is 9.90. The predicted molar refractivity (Wildman–Crippen MR) is 106 cm³/mol. The van der Waals surface area contributed by atoms with E-state index in [1.165, 1.54) is 0 Å². The van der Waals surface area contributed by atoms with Gasteiger partial charge in [0.05, 0.1) is 5.69 Å². The number of rotatable bonds is 6. The van der Waals surface area contributed by atoms with Crippen LogP contribution >= 0.6 is 0 Å². The topological polar surface area (TPSA) is 67.4 Å². The molecule has 2 aromatic carbocycles. The molecule has 2 aromatic rings. The molecular formula is C22H26N2O3. The number of anilines is 1. The molecule has 0 heterocycles. The fourth-order valence-corrected chi connectivity index (χ4v) is 3.09. The van der Waals surface area contributed by atoms with Crippen LogP contribution in [-0.2, 0) is 9.59 Å². The number of amides is 2. The molecular weight excluding hydrogens is 340 g/mol. The van der Waals surface area contributed by atoms with Crippen molar-refractivity contribution in [1.29, 1.82) is 0 Å². The van der Waals surface area contributed by atoms with E-state index in [0.717, 1.165) is 25.7 Å². The molecule has 0 unspecified atom stereocenters. The van der Waals surface area contributed by atoms with Gasteiger partial charge in [-0.15, -0.1) is 0 Å². The largest absolute Gasteiger partial charge is 0.455 e. The number of benzene rings is 2. The van der Waals surface area contributed by atoms with Crippen LogP contribution in [0.1, 0.15) is 39.5 Å². The number of carbonyl (C=O) groups excluding carboxylic acids is 2. The zero-order valence-corrected chi connectivity index (χ0v) is 15.8. The summed E-state index contributed by atoms with van der Waals surface area (Å²) in [5.74, 6) is 0.608. The third-order valence-corrected chi connectivity index (χ3v) is 4.93. The van der Waals surface area contributed by atoms with E-state index >= 15 is 0 Å². The second-order valence-corrected chi connectivity index (χ2v) is 7.45. The summed E-state index contributed by atoms with van der Waals surface area (Å²) in [5, 5.41) is 5.86. The van der Waals surface area contributed by atoms with Crippen molar-refractivity contribution in [3.63, 3.8) is 0 Å². The van der Waals surface area contributed by atoms with Crippen molar-refractivity contribution < 1.29 is 14.3 Å². The minimum atomic E-state index is -1.18. The maximum absolute atomic E-state index is 12.8. The van der Waals surface area contributed by atoms with Crippen molar-refractivity contribution in [2.75, 3.05) is 5.32 Å². The maximum atomic E-state index is 12.8. The van der Waals surface area contributed by atoms with Gasteiger partial charge in [0.25, 0.3) is 0 Å². The van der Waals surface area contributed by atoms with Gasteiger partial charge < -0.3 is 15.4 Å². The summed E-state index contributed by atoms with van der Waals surface area (Å²) < 4.78 is 5.88. The molecule has 0 aliphatic heterocycles. The highest BCUT2D eigenvalue weighted by Crippen LogP contribution is 2.31. The predicted octanol–water partition coefficient (Wildman–Crippen LogP) is 4.50. The first kappa shape index (κ1) is 19.0. The van der Waals surface area contributed by atoms with Gasteiger partial charge in [0.2, 0.25) is 11.8 Å². The van der Waals surface area contributed by atoms with E-state index < -0.39 is 5.41 Å².